The summed E-state index contributed by atoms with van der Waals surface area (Å²) < 4.78 is 10.4. The van der Waals surface area contributed by atoms with E-state index in [-0.39, 0.29) is 0 Å². The number of benzene rings is 1. The number of aryl methyl sites for hydroxylation is 1. The summed E-state index contributed by atoms with van der Waals surface area (Å²) in [5.74, 6) is 0.934. The van der Waals surface area contributed by atoms with Gasteiger partial charge in [0, 0.05) is 23.5 Å². The first-order valence-corrected chi connectivity index (χ1v) is 6.47. The Morgan fingerprint density at radius 3 is 2.50 bits per heavy atom. The van der Waals surface area contributed by atoms with E-state index in [1.165, 1.54) is 14.2 Å². The van der Waals surface area contributed by atoms with E-state index in [0.717, 1.165) is 5.56 Å². The molecule has 0 aliphatic carbocycles. The first-order chi connectivity index (χ1) is 9.60. The Morgan fingerprint density at radius 1 is 1.15 bits per heavy atom. The van der Waals surface area contributed by atoms with Crippen molar-refractivity contribution in [2.45, 2.75) is 13.0 Å². The van der Waals surface area contributed by atoms with Gasteiger partial charge in [-0.05, 0) is 24.6 Å². The van der Waals surface area contributed by atoms with E-state index in [2.05, 4.69) is 4.98 Å². The molecule has 1 unspecified atom stereocenters. The highest BCUT2D eigenvalue weighted by Gasteiger charge is 2.21. The second-order valence-corrected chi connectivity index (χ2v) is 4.72. The van der Waals surface area contributed by atoms with Crippen LogP contribution in [0.1, 0.15) is 22.8 Å². The lowest BCUT2D eigenvalue weighted by Crippen LogP contribution is -2.05. The van der Waals surface area contributed by atoms with Gasteiger partial charge in [0.25, 0.3) is 0 Å². The molecule has 5 heteroatoms. The smallest absolute Gasteiger partial charge is 0.179 e. The minimum Gasteiger partial charge on any atom is -0.493 e. The molecule has 0 radical (unpaired) electrons. The second-order valence-electron chi connectivity index (χ2n) is 4.34. The van der Waals surface area contributed by atoms with Crippen molar-refractivity contribution in [3.63, 3.8) is 0 Å². The Kier molecular flexibility index (Phi) is 4.47. The summed E-state index contributed by atoms with van der Waals surface area (Å²) in [7, 11) is 3.05. The van der Waals surface area contributed by atoms with E-state index in [1.54, 1.807) is 24.5 Å². The summed E-state index contributed by atoms with van der Waals surface area (Å²) in [6.07, 6.45) is 2.45. The number of nitrogens with zero attached hydrogens (tertiary/aromatic N) is 1. The van der Waals surface area contributed by atoms with Gasteiger partial charge in [0.05, 0.1) is 19.2 Å². The molecule has 0 aliphatic rings. The Labute approximate surface area is 122 Å². The van der Waals surface area contributed by atoms with Crippen LogP contribution in [0.4, 0.5) is 0 Å². The number of ether oxygens (including phenoxy) is 2. The first kappa shape index (κ1) is 14.6. The summed E-state index contributed by atoms with van der Waals surface area (Å²) in [4.78, 5) is 4.04. The lowest BCUT2D eigenvalue weighted by atomic mass is 9.99. The number of aromatic nitrogens is 1. The molecule has 1 heterocycles. The number of hydrogen-bond donors (Lipinski definition) is 1. The van der Waals surface area contributed by atoms with Gasteiger partial charge in [0.2, 0.25) is 0 Å². The third-order valence-electron chi connectivity index (χ3n) is 3.18. The topological polar surface area (TPSA) is 51.6 Å². The maximum Gasteiger partial charge on any atom is 0.179 e. The zero-order chi connectivity index (χ0) is 14.7. The molecule has 0 spiro atoms. The van der Waals surface area contributed by atoms with Crippen molar-refractivity contribution >= 4 is 11.6 Å². The van der Waals surface area contributed by atoms with Crippen molar-refractivity contribution in [2.75, 3.05) is 14.2 Å². The zero-order valence-electron chi connectivity index (χ0n) is 11.6. The van der Waals surface area contributed by atoms with Crippen LogP contribution >= 0.6 is 11.6 Å². The van der Waals surface area contributed by atoms with Crippen molar-refractivity contribution in [2.24, 2.45) is 0 Å². The highest BCUT2D eigenvalue weighted by Crippen LogP contribution is 2.41. The number of aliphatic hydroxyl groups excluding tert-OH is 1. The lowest BCUT2D eigenvalue weighted by Gasteiger charge is -2.18. The van der Waals surface area contributed by atoms with Crippen LogP contribution in [0.2, 0.25) is 5.02 Å². The van der Waals surface area contributed by atoms with Crippen molar-refractivity contribution in [1.29, 1.82) is 0 Å². The fourth-order valence-corrected chi connectivity index (χ4v) is 2.38. The van der Waals surface area contributed by atoms with Gasteiger partial charge < -0.3 is 14.6 Å². The van der Waals surface area contributed by atoms with Gasteiger partial charge in [-0.1, -0.05) is 17.7 Å². The monoisotopic (exact) mass is 293 g/mol. The highest BCUT2D eigenvalue weighted by molar-refractivity contribution is 6.33. The number of rotatable bonds is 4. The quantitative estimate of drug-likeness (QED) is 0.941. The Morgan fingerprint density at radius 2 is 1.90 bits per heavy atom. The third kappa shape index (κ3) is 2.57. The van der Waals surface area contributed by atoms with Gasteiger partial charge in [0.1, 0.15) is 6.10 Å². The molecule has 0 saturated heterocycles. The number of aliphatic hydroxyl groups is 1. The van der Waals surface area contributed by atoms with Gasteiger partial charge in [-0.15, -0.1) is 0 Å². The number of hydrogen-bond acceptors (Lipinski definition) is 4. The van der Waals surface area contributed by atoms with E-state index < -0.39 is 6.10 Å². The Hall–Kier alpha value is -1.78. The van der Waals surface area contributed by atoms with E-state index >= 15 is 0 Å². The van der Waals surface area contributed by atoms with Crippen LogP contribution in [-0.2, 0) is 0 Å². The number of halogens is 1. The Balaban J connectivity index is 2.51. The summed E-state index contributed by atoms with van der Waals surface area (Å²) in [6, 6.07) is 5.28. The minimum atomic E-state index is -0.865. The summed E-state index contributed by atoms with van der Waals surface area (Å²) in [5.41, 5.74) is 2.21. The molecule has 1 N–H and O–H groups in total. The molecule has 0 aliphatic heterocycles. The molecule has 2 rings (SSSR count). The molecule has 106 valence electrons. The summed E-state index contributed by atoms with van der Waals surface area (Å²) in [6.45, 7) is 1.91. The summed E-state index contributed by atoms with van der Waals surface area (Å²) >= 11 is 6.30. The van der Waals surface area contributed by atoms with Crippen molar-refractivity contribution in [3.05, 3.63) is 52.3 Å². The molecule has 2 aromatic rings. The molecule has 4 nitrogen and oxygen atoms in total. The van der Waals surface area contributed by atoms with Gasteiger partial charge in [-0.2, -0.15) is 0 Å². The van der Waals surface area contributed by atoms with Crippen LogP contribution in [0.5, 0.6) is 11.5 Å². The van der Waals surface area contributed by atoms with E-state index in [9.17, 15) is 5.11 Å². The normalized spacial score (nSPS) is 12.1. The van der Waals surface area contributed by atoms with Crippen molar-refractivity contribution in [1.82, 2.24) is 4.98 Å². The molecule has 1 aromatic heterocycles. The van der Waals surface area contributed by atoms with Crippen molar-refractivity contribution < 1.29 is 14.6 Å². The van der Waals surface area contributed by atoms with Crippen LogP contribution in [0, 0.1) is 6.92 Å². The van der Waals surface area contributed by atoms with Crippen molar-refractivity contribution in [3.8, 4) is 11.5 Å². The lowest BCUT2D eigenvalue weighted by molar-refractivity contribution is 0.218. The SMILES string of the molecule is COc1ccc(C(O)c2cnccc2C)c(Cl)c1OC. The first-order valence-electron chi connectivity index (χ1n) is 6.09. The van der Waals surface area contributed by atoms with Gasteiger partial charge in [-0.25, -0.2) is 0 Å². The maximum absolute atomic E-state index is 10.5. The van der Waals surface area contributed by atoms with Crippen LogP contribution < -0.4 is 9.47 Å². The second kappa shape index (κ2) is 6.11. The molecule has 1 atom stereocenters. The van der Waals surface area contributed by atoms with Gasteiger partial charge >= 0.3 is 0 Å². The standard InChI is InChI=1S/C15H16ClNO3/c1-9-6-7-17-8-11(9)14(18)10-4-5-12(19-2)15(20-3)13(10)16/h4-8,14,18H,1-3H3. The van der Waals surface area contributed by atoms with Crippen LogP contribution in [0.15, 0.2) is 30.6 Å². The zero-order valence-corrected chi connectivity index (χ0v) is 12.3. The van der Waals surface area contributed by atoms with Gasteiger partial charge in [-0.3, -0.25) is 4.98 Å². The third-order valence-corrected chi connectivity index (χ3v) is 3.57. The fraction of sp³-hybridized carbons (Fsp3) is 0.267. The predicted octanol–water partition coefficient (Wildman–Crippen LogP) is 3.14. The van der Waals surface area contributed by atoms with E-state index in [0.29, 0.717) is 27.6 Å². The number of pyridine rings is 1. The summed E-state index contributed by atoms with van der Waals surface area (Å²) in [5, 5.41) is 10.9. The molecule has 0 saturated carbocycles. The largest absolute Gasteiger partial charge is 0.493 e. The Bertz CT molecular complexity index is 616. The number of methoxy groups -OCH3 is 2. The molecule has 0 fully saturated rings. The minimum absolute atomic E-state index is 0.336. The van der Waals surface area contributed by atoms with Crippen LogP contribution in [0.25, 0.3) is 0 Å². The molecule has 0 amide bonds. The average molecular weight is 294 g/mol. The molecular formula is C15H16ClNO3. The predicted molar refractivity (Wildman–Crippen MR) is 77.6 cm³/mol. The average Bonchev–Trinajstić information content (AvgIpc) is 2.46. The molecule has 1 aromatic carbocycles. The molecule has 0 bridgehead atoms. The molecule has 20 heavy (non-hydrogen) atoms. The van der Waals surface area contributed by atoms with E-state index in [1.807, 2.05) is 13.0 Å². The fourth-order valence-electron chi connectivity index (χ4n) is 2.05. The maximum atomic E-state index is 10.5. The van der Waals surface area contributed by atoms with Crippen LogP contribution in [0.3, 0.4) is 0 Å². The van der Waals surface area contributed by atoms with Gasteiger partial charge in [0.15, 0.2) is 11.5 Å². The van der Waals surface area contributed by atoms with E-state index in [4.69, 9.17) is 21.1 Å². The van der Waals surface area contributed by atoms with Crippen LogP contribution in [-0.4, -0.2) is 24.3 Å². The molecular weight excluding hydrogens is 278 g/mol. The highest BCUT2D eigenvalue weighted by atomic mass is 35.5.